The Balaban J connectivity index is 1.75. The van der Waals surface area contributed by atoms with Crippen LogP contribution in [-0.2, 0) is 11.2 Å². The summed E-state index contributed by atoms with van der Waals surface area (Å²) >= 11 is 0. The third kappa shape index (κ3) is 4.35. The van der Waals surface area contributed by atoms with E-state index in [0.29, 0.717) is 24.0 Å². The molecule has 1 amide bonds. The number of rotatable bonds is 3. The van der Waals surface area contributed by atoms with E-state index in [2.05, 4.69) is 0 Å². The number of piperidine rings is 2. The van der Waals surface area contributed by atoms with Crippen LogP contribution in [0.1, 0.15) is 68.8 Å². The molecule has 0 N–H and O–H groups in total. The second-order valence-electron chi connectivity index (χ2n) is 8.80. The molecule has 2 heterocycles. The summed E-state index contributed by atoms with van der Waals surface area (Å²) in [5, 5.41) is 8.73. The molecule has 0 aliphatic carbocycles. The topological polar surface area (TPSA) is 70.4 Å². The molecule has 0 spiro atoms. The normalized spacial score (nSPS) is 24.4. The van der Waals surface area contributed by atoms with E-state index in [1.807, 2.05) is 31.7 Å². The van der Waals surface area contributed by atoms with E-state index < -0.39 is 11.4 Å². The summed E-state index contributed by atoms with van der Waals surface area (Å²) in [6, 6.07) is 6.25. The first-order valence-electron chi connectivity index (χ1n) is 9.90. The summed E-state index contributed by atoms with van der Waals surface area (Å²) in [5.74, 6) is -0.822. The molecule has 2 atom stereocenters. The van der Waals surface area contributed by atoms with Crippen LogP contribution in [0.3, 0.4) is 0 Å². The zero-order valence-electron chi connectivity index (χ0n) is 16.7. The molecule has 2 bridgehead atoms. The number of nitriles is 1. The summed E-state index contributed by atoms with van der Waals surface area (Å²) in [6.45, 7) is 5.55. The van der Waals surface area contributed by atoms with Crippen LogP contribution in [0, 0.1) is 23.1 Å². The lowest BCUT2D eigenvalue weighted by molar-refractivity contribution is -0.0260. The second-order valence-corrected chi connectivity index (χ2v) is 8.80. The van der Waals surface area contributed by atoms with Crippen molar-refractivity contribution in [1.29, 1.82) is 5.26 Å². The van der Waals surface area contributed by atoms with E-state index in [-0.39, 0.29) is 36.3 Å². The minimum atomic E-state index is -0.555. The molecule has 1 aromatic rings. The Labute approximate surface area is 165 Å². The molecule has 2 aliphatic heterocycles. The van der Waals surface area contributed by atoms with Crippen molar-refractivity contribution in [2.24, 2.45) is 5.92 Å². The van der Waals surface area contributed by atoms with Gasteiger partial charge in [0.15, 0.2) is 5.78 Å². The summed E-state index contributed by atoms with van der Waals surface area (Å²) in [4.78, 5) is 27.5. The number of amides is 1. The maximum atomic E-state index is 14.1. The third-order valence-corrected chi connectivity index (χ3v) is 5.56. The Morgan fingerprint density at radius 3 is 2.43 bits per heavy atom. The summed E-state index contributed by atoms with van der Waals surface area (Å²) < 4.78 is 19.7. The molecule has 28 heavy (non-hydrogen) atoms. The fourth-order valence-electron chi connectivity index (χ4n) is 4.37. The van der Waals surface area contributed by atoms with Gasteiger partial charge in [-0.25, -0.2) is 9.18 Å². The highest BCUT2D eigenvalue weighted by Gasteiger charge is 2.44. The van der Waals surface area contributed by atoms with Gasteiger partial charge in [-0.1, -0.05) is 12.1 Å². The van der Waals surface area contributed by atoms with Gasteiger partial charge in [-0.2, -0.15) is 5.26 Å². The molecule has 5 nitrogen and oxygen atoms in total. The molecule has 6 heteroatoms. The van der Waals surface area contributed by atoms with E-state index in [9.17, 15) is 14.0 Å². The zero-order valence-corrected chi connectivity index (χ0v) is 16.7. The first kappa shape index (κ1) is 20.3. The van der Waals surface area contributed by atoms with Crippen molar-refractivity contribution >= 4 is 11.9 Å². The Bertz CT molecular complexity index is 795. The van der Waals surface area contributed by atoms with Crippen molar-refractivity contribution < 1.29 is 18.7 Å². The predicted octanol–water partition coefficient (Wildman–Crippen LogP) is 4.64. The number of hydrogen-bond acceptors (Lipinski definition) is 4. The van der Waals surface area contributed by atoms with Crippen LogP contribution >= 0.6 is 0 Å². The number of ether oxygens (including phenoxy) is 1. The number of nitrogens with zero attached hydrogens (tertiary/aromatic N) is 2. The number of Topliss-reactive ketones (excluding diaryl/α,β-unsaturated/α-hetero) is 1. The maximum Gasteiger partial charge on any atom is 0.410 e. The average Bonchev–Trinajstić information content (AvgIpc) is 2.60. The standard InChI is InChI=1S/C22H27FN2O3/c1-22(2,3)28-21(27)25-17-5-4-6-18(25)12-16(11-17)20(26)15-8-7-14(9-10-24)19(23)13-15/h7-8,13,16-18H,4-6,9,11-12H2,1-3H3. The van der Waals surface area contributed by atoms with Crippen molar-refractivity contribution in [3.8, 4) is 6.07 Å². The summed E-state index contributed by atoms with van der Waals surface area (Å²) in [7, 11) is 0. The lowest BCUT2D eigenvalue weighted by atomic mass is 9.76. The van der Waals surface area contributed by atoms with E-state index in [4.69, 9.17) is 10.00 Å². The Morgan fingerprint density at radius 2 is 1.89 bits per heavy atom. The molecular formula is C22H27FN2O3. The number of benzene rings is 1. The fraction of sp³-hybridized carbons (Fsp3) is 0.591. The van der Waals surface area contributed by atoms with Gasteiger partial charge in [0.05, 0.1) is 12.5 Å². The molecule has 0 aromatic heterocycles. The Kier molecular flexibility index (Phi) is 5.74. The van der Waals surface area contributed by atoms with E-state index >= 15 is 0 Å². The number of hydrogen-bond donors (Lipinski definition) is 0. The van der Waals surface area contributed by atoms with Gasteiger partial charge >= 0.3 is 6.09 Å². The molecular weight excluding hydrogens is 359 g/mol. The highest BCUT2D eigenvalue weighted by molar-refractivity contribution is 5.98. The van der Waals surface area contributed by atoms with Gasteiger partial charge in [-0.15, -0.1) is 0 Å². The summed E-state index contributed by atoms with van der Waals surface area (Å²) in [6.07, 6.45) is 3.59. The predicted molar refractivity (Wildman–Crippen MR) is 102 cm³/mol. The highest BCUT2D eigenvalue weighted by Crippen LogP contribution is 2.39. The number of fused-ring (bicyclic) bond motifs is 2. The van der Waals surface area contributed by atoms with Crippen LogP contribution in [-0.4, -0.2) is 34.5 Å². The van der Waals surface area contributed by atoms with Crippen molar-refractivity contribution in [3.63, 3.8) is 0 Å². The van der Waals surface area contributed by atoms with Crippen LogP contribution in [0.2, 0.25) is 0 Å². The van der Waals surface area contributed by atoms with Gasteiger partial charge < -0.3 is 9.64 Å². The lowest BCUT2D eigenvalue weighted by Crippen LogP contribution is -2.56. The summed E-state index contributed by atoms with van der Waals surface area (Å²) in [5.41, 5.74) is 0.0875. The number of ketones is 1. The molecule has 2 aliphatic rings. The van der Waals surface area contributed by atoms with Gasteiger partial charge in [0.1, 0.15) is 11.4 Å². The molecule has 150 valence electrons. The van der Waals surface area contributed by atoms with Gasteiger partial charge in [0.2, 0.25) is 0 Å². The van der Waals surface area contributed by atoms with Gasteiger partial charge in [-0.05, 0) is 58.9 Å². The van der Waals surface area contributed by atoms with E-state index in [1.54, 1.807) is 6.07 Å². The van der Waals surface area contributed by atoms with Crippen LogP contribution in [0.4, 0.5) is 9.18 Å². The second kappa shape index (κ2) is 7.90. The minimum Gasteiger partial charge on any atom is -0.444 e. The Morgan fingerprint density at radius 1 is 1.25 bits per heavy atom. The van der Waals surface area contributed by atoms with Crippen LogP contribution < -0.4 is 0 Å². The molecule has 3 rings (SSSR count). The quantitative estimate of drug-likeness (QED) is 0.710. The van der Waals surface area contributed by atoms with Crippen molar-refractivity contribution in [2.45, 2.75) is 77.0 Å². The maximum absolute atomic E-state index is 14.1. The Hall–Kier alpha value is -2.42. The average molecular weight is 386 g/mol. The van der Waals surface area contributed by atoms with Crippen LogP contribution in [0.5, 0.6) is 0 Å². The SMILES string of the molecule is CC(C)(C)OC(=O)N1C2CCCC1CC(C(=O)c1ccc(CC#N)c(F)c1)C2. The molecule has 2 saturated heterocycles. The molecule has 1 aromatic carbocycles. The van der Waals surface area contributed by atoms with Crippen LogP contribution in [0.25, 0.3) is 0 Å². The van der Waals surface area contributed by atoms with Gasteiger partial charge in [0.25, 0.3) is 0 Å². The monoisotopic (exact) mass is 386 g/mol. The first-order chi connectivity index (χ1) is 13.2. The van der Waals surface area contributed by atoms with Crippen molar-refractivity contribution in [3.05, 3.63) is 35.1 Å². The van der Waals surface area contributed by atoms with Crippen molar-refractivity contribution in [2.75, 3.05) is 0 Å². The largest absolute Gasteiger partial charge is 0.444 e. The van der Waals surface area contributed by atoms with Crippen LogP contribution in [0.15, 0.2) is 18.2 Å². The minimum absolute atomic E-state index is 0.0148. The van der Waals surface area contributed by atoms with Gasteiger partial charge in [0, 0.05) is 29.1 Å². The molecule has 0 radical (unpaired) electrons. The number of carbonyl (C=O) groups excluding carboxylic acids is 2. The molecule has 2 unspecified atom stereocenters. The molecule has 2 fully saturated rings. The molecule has 0 saturated carbocycles. The fourth-order valence-corrected chi connectivity index (χ4v) is 4.37. The number of carbonyl (C=O) groups is 2. The first-order valence-corrected chi connectivity index (χ1v) is 9.90. The third-order valence-electron chi connectivity index (χ3n) is 5.56. The highest BCUT2D eigenvalue weighted by atomic mass is 19.1. The zero-order chi connectivity index (χ0) is 20.5. The van der Waals surface area contributed by atoms with Crippen molar-refractivity contribution in [1.82, 2.24) is 4.90 Å². The van der Waals surface area contributed by atoms with Gasteiger partial charge in [-0.3, -0.25) is 4.79 Å². The lowest BCUT2D eigenvalue weighted by Gasteiger charge is -2.48. The smallest absolute Gasteiger partial charge is 0.410 e. The number of halogens is 1. The van der Waals surface area contributed by atoms with E-state index in [1.165, 1.54) is 12.1 Å². The van der Waals surface area contributed by atoms with E-state index in [0.717, 1.165) is 19.3 Å².